The van der Waals surface area contributed by atoms with Gasteiger partial charge in [0.15, 0.2) is 0 Å². The summed E-state index contributed by atoms with van der Waals surface area (Å²) in [6.45, 7) is 2.06. The molecule has 1 aliphatic rings. The van der Waals surface area contributed by atoms with Gasteiger partial charge >= 0.3 is 0 Å². The van der Waals surface area contributed by atoms with E-state index in [1.165, 1.54) is 11.1 Å². The molecule has 1 heterocycles. The smallest absolute Gasteiger partial charge is 0.0612 e. The Labute approximate surface area is 66.1 Å². The number of allylic oxidation sites excluding steroid dienone is 1. The molecule has 1 aliphatic heterocycles. The second-order valence-corrected chi connectivity index (χ2v) is 2.71. The van der Waals surface area contributed by atoms with Crippen LogP contribution in [0.1, 0.15) is 12.5 Å². The Morgan fingerprint density at radius 3 is 2.91 bits per heavy atom. The lowest BCUT2D eigenvalue weighted by molar-refractivity contribution is 1.34. The summed E-state index contributed by atoms with van der Waals surface area (Å²) in [5.74, 6) is 0. The Bertz CT molecular complexity index is 334. The van der Waals surface area contributed by atoms with Crippen LogP contribution in [0.15, 0.2) is 29.8 Å². The molecule has 0 saturated heterocycles. The van der Waals surface area contributed by atoms with Gasteiger partial charge in [-0.15, -0.1) is 0 Å². The lowest BCUT2D eigenvalue weighted by Gasteiger charge is -1.94. The molecule has 2 rings (SSSR count). The van der Waals surface area contributed by atoms with Crippen LogP contribution < -0.4 is 4.99 Å². The molecule has 0 unspecified atom stereocenters. The monoisotopic (exact) mass is 143 g/mol. The first-order valence-electron chi connectivity index (χ1n) is 3.68. The highest BCUT2D eigenvalue weighted by atomic mass is 14.7. The van der Waals surface area contributed by atoms with Gasteiger partial charge in [0, 0.05) is 11.6 Å². The Kier molecular flexibility index (Phi) is 1.35. The van der Waals surface area contributed by atoms with E-state index >= 15 is 0 Å². The van der Waals surface area contributed by atoms with Crippen molar-refractivity contribution in [1.29, 1.82) is 0 Å². The molecule has 0 aliphatic carbocycles. The molecule has 0 N–H and O–H groups in total. The van der Waals surface area contributed by atoms with Gasteiger partial charge < -0.3 is 0 Å². The minimum Gasteiger partial charge on any atom is -0.0612 e. The Morgan fingerprint density at radius 1 is 1.18 bits per heavy atom. The van der Waals surface area contributed by atoms with Crippen LogP contribution in [0.4, 0.5) is 5.69 Å². The SMILES string of the molecule is CC1=Cc2ccccc2[N+]=C1. The molecular formula is C10H9N+. The van der Waals surface area contributed by atoms with Crippen LogP contribution >= 0.6 is 0 Å². The van der Waals surface area contributed by atoms with E-state index in [0.29, 0.717) is 0 Å². The van der Waals surface area contributed by atoms with Crippen molar-refractivity contribution in [2.45, 2.75) is 6.92 Å². The highest BCUT2D eigenvalue weighted by molar-refractivity contribution is 5.90. The van der Waals surface area contributed by atoms with Crippen LogP contribution in [0, 0.1) is 0 Å². The number of nitrogens with zero attached hydrogens (tertiary/aromatic N) is 1. The molecule has 1 aromatic carbocycles. The first kappa shape index (κ1) is 6.35. The van der Waals surface area contributed by atoms with Crippen LogP contribution in [0.3, 0.4) is 0 Å². The van der Waals surface area contributed by atoms with E-state index in [9.17, 15) is 0 Å². The van der Waals surface area contributed by atoms with Crippen LogP contribution in [0.5, 0.6) is 0 Å². The number of fused-ring (bicyclic) bond motifs is 1. The second-order valence-electron chi connectivity index (χ2n) is 2.71. The molecule has 0 aromatic heterocycles. The maximum absolute atomic E-state index is 4.28. The maximum atomic E-state index is 4.28. The number of aliphatic imine (C=N–C) groups is 1. The molecule has 0 atom stereocenters. The fourth-order valence-electron chi connectivity index (χ4n) is 1.18. The summed E-state index contributed by atoms with van der Waals surface area (Å²) in [5.41, 5.74) is 3.49. The number of para-hydroxylation sites is 1. The molecule has 1 nitrogen and oxygen atoms in total. The quantitative estimate of drug-likeness (QED) is 0.528. The Balaban J connectivity index is 2.61. The summed E-state index contributed by atoms with van der Waals surface area (Å²) in [5, 5.41) is 0. The molecule has 0 saturated carbocycles. The van der Waals surface area contributed by atoms with Gasteiger partial charge in [0.1, 0.15) is 0 Å². The first-order chi connectivity index (χ1) is 5.36. The van der Waals surface area contributed by atoms with Crippen LogP contribution in [0.2, 0.25) is 0 Å². The van der Waals surface area contributed by atoms with E-state index in [1.54, 1.807) is 0 Å². The molecule has 1 heteroatoms. The normalized spacial score (nSPS) is 14.1. The minimum atomic E-state index is 1.07. The highest BCUT2D eigenvalue weighted by Crippen LogP contribution is 2.18. The number of hydrogen-bond donors (Lipinski definition) is 0. The van der Waals surface area contributed by atoms with Gasteiger partial charge in [0.05, 0.1) is 10.6 Å². The van der Waals surface area contributed by atoms with Crippen molar-refractivity contribution in [2.75, 3.05) is 0 Å². The van der Waals surface area contributed by atoms with Crippen molar-refractivity contribution in [2.24, 2.45) is 0 Å². The first-order valence-corrected chi connectivity index (χ1v) is 3.68. The molecule has 53 valence electrons. The molecule has 0 fully saturated rings. The van der Waals surface area contributed by atoms with Gasteiger partial charge in [-0.3, -0.25) is 0 Å². The fraction of sp³-hybridized carbons (Fsp3) is 0.100. The summed E-state index contributed by atoms with van der Waals surface area (Å²) in [4.78, 5) is 4.28. The molecular weight excluding hydrogens is 134 g/mol. The van der Waals surface area contributed by atoms with E-state index in [2.05, 4.69) is 24.1 Å². The standard InChI is InChI=1S/C10H9N/c1-8-6-9-4-2-3-5-10(9)11-7-8/h2-7H,1H3/q+1. The molecule has 0 spiro atoms. The van der Waals surface area contributed by atoms with Crippen LogP contribution in [-0.4, -0.2) is 6.21 Å². The summed E-state index contributed by atoms with van der Waals surface area (Å²) in [6.07, 6.45) is 4.03. The molecule has 1 radical (unpaired) electrons. The topological polar surface area (TPSA) is 14.1 Å². The highest BCUT2D eigenvalue weighted by Gasteiger charge is 2.11. The third-order valence-corrected chi connectivity index (χ3v) is 1.73. The van der Waals surface area contributed by atoms with E-state index < -0.39 is 0 Å². The van der Waals surface area contributed by atoms with Crippen molar-refractivity contribution < 1.29 is 0 Å². The molecule has 0 bridgehead atoms. The van der Waals surface area contributed by atoms with Crippen molar-refractivity contribution in [3.8, 4) is 0 Å². The Hall–Kier alpha value is -1.37. The fourth-order valence-corrected chi connectivity index (χ4v) is 1.18. The third-order valence-electron chi connectivity index (χ3n) is 1.73. The predicted molar refractivity (Wildman–Crippen MR) is 48.0 cm³/mol. The zero-order valence-electron chi connectivity index (χ0n) is 6.41. The van der Waals surface area contributed by atoms with Gasteiger partial charge in [-0.1, -0.05) is 12.1 Å². The molecule has 11 heavy (non-hydrogen) atoms. The van der Waals surface area contributed by atoms with Gasteiger partial charge in [-0.25, -0.2) is 0 Å². The number of rotatable bonds is 0. The molecule has 1 aromatic rings. The van der Waals surface area contributed by atoms with Crippen molar-refractivity contribution in [1.82, 2.24) is 4.99 Å². The van der Waals surface area contributed by atoms with Gasteiger partial charge in [-0.05, 0) is 19.1 Å². The van der Waals surface area contributed by atoms with Gasteiger partial charge in [0.2, 0.25) is 6.21 Å². The molecule has 0 amide bonds. The van der Waals surface area contributed by atoms with E-state index in [1.807, 2.05) is 24.4 Å². The summed E-state index contributed by atoms with van der Waals surface area (Å²) in [6, 6.07) is 8.14. The largest absolute Gasteiger partial charge is 0.284 e. The average Bonchev–Trinajstić information content (AvgIpc) is 2.04. The maximum Gasteiger partial charge on any atom is 0.284 e. The Morgan fingerprint density at radius 2 is 2.00 bits per heavy atom. The van der Waals surface area contributed by atoms with Gasteiger partial charge in [0.25, 0.3) is 5.69 Å². The summed E-state index contributed by atoms with van der Waals surface area (Å²) in [7, 11) is 0. The van der Waals surface area contributed by atoms with E-state index in [0.717, 1.165) is 5.69 Å². The zero-order chi connectivity index (χ0) is 7.68. The van der Waals surface area contributed by atoms with Crippen molar-refractivity contribution in [3.05, 3.63) is 35.4 Å². The van der Waals surface area contributed by atoms with Crippen LogP contribution in [-0.2, 0) is 0 Å². The lowest BCUT2D eigenvalue weighted by Crippen LogP contribution is -1.95. The predicted octanol–water partition coefficient (Wildman–Crippen LogP) is 2.14. The van der Waals surface area contributed by atoms with E-state index in [4.69, 9.17) is 0 Å². The third kappa shape index (κ3) is 1.09. The summed E-state index contributed by atoms with van der Waals surface area (Å²) >= 11 is 0. The average molecular weight is 143 g/mol. The number of hydrogen-bond acceptors (Lipinski definition) is 1. The van der Waals surface area contributed by atoms with Gasteiger partial charge in [-0.2, -0.15) is 0 Å². The van der Waals surface area contributed by atoms with Crippen LogP contribution in [0.25, 0.3) is 6.08 Å². The second kappa shape index (κ2) is 2.35. The number of benzene rings is 1. The minimum absolute atomic E-state index is 1.07. The van der Waals surface area contributed by atoms with E-state index in [-0.39, 0.29) is 0 Å². The lowest BCUT2D eigenvalue weighted by atomic mass is 10.1. The van der Waals surface area contributed by atoms with Crippen molar-refractivity contribution >= 4 is 18.0 Å². The summed E-state index contributed by atoms with van der Waals surface area (Å²) < 4.78 is 0. The zero-order valence-corrected chi connectivity index (χ0v) is 6.41. The van der Waals surface area contributed by atoms with Crippen molar-refractivity contribution in [3.63, 3.8) is 0 Å².